The van der Waals surface area contributed by atoms with Crippen LogP contribution >= 0.6 is 0 Å². The van der Waals surface area contributed by atoms with Crippen molar-refractivity contribution in [1.82, 2.24) is 10.6 Å². The van der Waals surface area contributed by atoms with Gasteiger partial charge in [-0.2, -0.15) is 0 Å². The van der Waals surface area contributed by atoms with E-state index < -0.39 is 5.60 Å². The van der Waals surface area contributed by atoms with Crippen molar-refractivity contribution >= 4 is 16.8 Å². The highest BCUT2D eigenvalue weighted by Crippen LogP contribution is 2.19. The molecule has 0 saturated carbocycles. The van der Waals surface area contributed by atoms with Gasteiger partial charge >= 0.3 is 6.03 Å². The van der Waals surface area contributed by atoms with Gasteiger partial charge in [-0.1, -0.05) is 42.5 Å². The molecule has 1 fully saturated rings. The van der Waals surface area contributed by atoms with E-state index in [1.54, 1.807) is 0 Å². The molecule has 23 heavy (non-hydrogen) atoms. The molecule has 0 aliphatic carbocycles. The van der Waals surface area contributed by atoms with Gasteiger partial charge in [0.15, 0.2) is 0 Å². The summed E-state index contributed by atoms with van der Waals surface area (Å²) in [5.41, 5.74) is 0.220. The topological polar surface area (TPSA) is 70.6 Å². The van der Waals surface area contributed by atoms with Crippen LogP contribution in [0, 0.1) is 0 Å². The Balaban J connectivity index is 1.54. The molecule has 5 nitrogen and oxygen atoms in total. The van der Waals surface area contributed by atoms with E-state index in [1.807, 2.05) is 24.3 Å². The number of benzene rings is 2. The number of rotatable bonds is 4. The number of hydrogen-bond donors (Lipinski definition) is 3. The van der Waals surface area contributed by atoms with Gasteiger partial charge in [-0.05, 0) is 16.3 Å². The van der Waals surface area contributed by atoms with Crippen LogP contribution in [0.25, 0.3) is 10.8 Å². The minimum atomic E-state index is -0.852. The fourth-order valence-electron chi connectivity index (χ4n) is 2.86. The Morgan fingerprint density at radius 3 is 2.65 bits per heavy atom. The Labute approximate surface area is 135 Å². The van der Waals surface area contributed by atoms with Crippen molar-refractivity contribution in [1.29, 1.82) is 0 Å². The van der Waals surface area contributed by atoms with Crippen LogP contribution in [0.4, 0.5) is 4.79 Å². The lowest BCUT2D eigenvalue weighted by Crippen LogP contribution is -2.48. The van der Waals surface area contributed by atoms with Gasteiger partial charge in [-0.25, -0.2) is 4.79 Å². The average Bonchev–Trinajstić information content (AvgIpc) is 2.59. The zero-order valence-electron chi connectivity index (χ0n) is 13.0. The minimum absolute atomic E-state index is 0.248. The Hall–Kier alpha value is -2.11. The first-order valence-electron chi connectivity index (χ1n) is 7.95. The van der Waals surface area contributed by atoms with Gasteiger partial charge in [0.05, 0.1) is 5.60 Å². The molecule has 2 amide bonds. The lowest BCUT2D eigenvalue weighted by atomic mass is 9.94. The van der Waals surface area contributed by atoms with Crippen LogP contribution in [0.3, 0.4) is 0 Å². The van der Waals surface area contributed by atoms with E-state index >= 15 is 0 Å². The highest BCUT2D eigenvalue weighted by molar-refractivity contribution is 5.86. The molecule has 1 aliphatic heterocycles. The molecule has 1 aliphatic rings. The summed E-state index contributed by atoms with van der Waals surface area (Å²) in [5, 5.41) is 18.2. The predicted octanol–water partition coefficient (Wildman–Crippen LogP) is 2.18. The molecular formula is C18H22N2O3. The van der Waals surface area contributed by atoms with Crippen LogP contribution < -0.4 is 10.6 Å². The second-order valence-corrected chi connectivity index (χ2v) is 6.01. The van der Waals surface area contributed by atoms with Crippen molar-refractivity contribution in [3.05, 3.63) is 48.0 Å². The van der Waals surface area contributed by atoms with Gasteiger partial charge < -0.3 is 20.5 Å². The second-order valence-electron chi connectivity index (χ2n) is 6.01. The van der Waals surface area contributed by atoms with Gasteiger partial charge in [0.2, 0.25) is 0 Å². The Kier molecular flexibility index (Phi) is 4.79. The number of nitrogens with one attached hydrogen (secondary N) is 2. The van der Waals surface area contributed by atoms with E-state index in [2.05, 4.69) is 28.8 Å². The van der Waals surface area contributed by atoms with Crippen LogP contribution in [0.2, 0.25) is 0 Å². The fraction of sp³-hybridized carbons (Fsp3) is 0.389. The highest BCUT2D eigenvalue weighted by Gasteiger charge is 2.29. The van der Waals surface area contributed by atoms with Crippen molar-refractivity contribution < 1.29 is 14.6 Å². The summed E-state index contributed by atoms with van der Waals surface area (Å²) >= 11 is 0. The molecule has 0 unspecified atom stereocenters. The third kappa shape index (κ3) is 4.00. The van der Waals surface area contributed by atoms with Crippen LogP contribution in [-0.2, 0) is 11.3 Å². The summed E-state index contributed by atoms with van der Waals surface area (Å²) < 4.78 is 5.23. The minimum Gasteiger partial charge on any atom is -0.388 e. The van der Waals surface area contributed by atoms with Gasteiger partial charge in [0.1, 0.15) is 0 Å². The summed E-state index contributed by atoms with van der Waals surface area (Å²) in [5.74, 6) is 0. The molecule has 0 spiro atoms. The SMILES string of the molecule is O=C(NCc1cccc2ccccc12)NCC1(O)CCOCC1. The number of fused-ring (bicyclic) bond motifs is 1. The summed E-state index contributed by atoms with van der Waals surface area (Å²) in [6, 6.07) is 13.9. The van der Waals surface area contributed by atoms with E-state index in [1.165, 1.54) is 0 Å². The van der Waals surface area contributed by atoms with Crippen LogP contribution in [0.5, 0.6) is 0 Å². The Bertz CT molecular complexity index is 676. The summed E-state index contributed by atoms with van der Waals surface area (Å²) in [7, 11) is 0. The smallest absolute Gasteiger partial charge is 0.315 e. The number of carbonyl (C=O) groups excluding carboxylic acids is 1. The van der Waals surface area contributed by atoms with Crippen LogP contribution in [-0.4, -0.2) is 36.5 Å². The maximum Gasteiger partial charge on any atom is 0.315 e. The third-order valence-electron chi connectivity index (χ3n) is 4.32. The Morgan fingerprint density at radius 1 is 1.09 bits per heavy atom. The first-order valence-corrected chi connectivity index (χ1v) is 7.95. The van der Waals surface area contributed by atoms with Crippen molar-refractivity contribution in [3.8, 4) is 0 Å². The first-order chi connectivity index (χ1) is 11.2. The van der Waals surface area contributed by atoms with Crippen molar-refractivity contribution in [2.24, 2.45) is 0 Å². The second kappa shape index (κ2) is 6.98. The maximum absolute atomic E-state index is 12.0. The van der Waals surface area contributed by atoms with E-state index in [-0.39, 0.29) is 12.6 Å². The van der Waals surface area contributed by atoms with Gasteiger partial charge in [-0.15, -0.1) is 0 Å². The number of carbonyl (C=O) groups is 1. The lowest BCUT2D eigenvalue weighted by Gasteiger charge is -2.32. The van der Waals surface area contributed by atoms with Gasteiger partial charge in [-0.3, -0.25) is 0 Å². The zero-order chi connectivity index (χ0) is 16.1. The molecule has 122 valence electrons. The number of aliphatic hydroxyl groups is 1. The van der Waals surface area contributed by atoms with Crippen LogP contribution in [0.15, 0.2) is 42.5 Å². The van der Waals surface area contributed by atoms with E-state index in [0.717, 1.165) is 16.3 Å². The van der Waals surface area contributed by atoms with Gasteiger partial charge in [0.25, 0.3) is 0 Å². The average molecular weight is 314 g/mol. The van der Waals surface area contributed by atoms with E-state index in [4.69, 9.17) is 4.74 Å². The quantitative estimate of drug-likeness (QED) is 0.810. The molecule has 1 heterocycles. The summed E-state index contributed by atoms with van der Waals surface area (Å²) in [6.07, 6.45) is 1.10. The van der Waals surface area contributed by atoms with Crippen molar-refractivity contribution in [2.75, 3.05) is 19.8 Å². The molecule has 0 radical (unpaired) electrons. The lowest BCUT2D eigenvalue weighted by molar-refractivity contribution is -0.0600. The summed E-state index contributed by atoms with van der Waals surface area (Å²) in [4.78, 5) is 12.0. The molecule has 5 heteroatoms. The molecule has 0 bridgehead atoms. The molecule has 2 aromatic carbocycles. The molecule has 3 rings (SSSR count). The molecule has 3 N–H and O–H groups in total. The molecular weight excluding hydrogens is 292 g/mol. The van der Waals surface area contributed by atoms with Crippen molar-refractivity contribution in [3.63, 3.8) is 0 Å². The molecule has 0 aromatic heterocycles. The van der Waals surface area contributed by atoms with E-state index in [9.17, 15) is 9.90 Å². The fourth-order valence-corrected chi connectivity index (χ4v) is 2.86. The maximum atomic E-state index is 12.0. The number of urea groups is 1. The van der Waals surface area contributed by atoms with Crippen LogP contribution in [0.1, 0.15) is 18.4 Å². The first kappa shape index (κ1) is 15.8. The van der Waals surface area contributed by atoms with Gasteiger partial charge in [0, 0.05) is 39.1 Å². The van der Waals surface area contributed by atoms with Crippen molar-refractivity contribution in [2.45, 2.75) is 25.0 Å². The predicted molar refractivity (Wildman–Crippen MR) is 89.2 cm³/mol. The standard InChI is InChI=1S/C18H22N2O3/c21-17(20-13-18(22)8-10-23-11-9-18)19-12-15-6-3-5-14-4-1-2-7-16(14)15/h1-7,22H,8-13H2,(H2,19,20,21). The normalized spacial score (nSPS) is 16.9. The number of ether oxygens (including phenoxy) is 1. The zero-order valence-corrected chi connectivity index (χ0v) is 13.0. The Morgan fingerprint density at radius 2 is 1.83 bits per heavy atom. The molecule has 2 aromatic rings. The molecule has 0 atom stereocenters. The number of hydrogen-bond acceptors (Lipinski definition) is 3. The largest absolute Gasteiger partial charge is 0.388 e. The monoisotopic (exact) mass is 314 g/mol. The van der Waals surface area contributed by atoms with E-state index in [0.29, 0.717) is 32.6 Å². The molecule has 1 saturated heterocycles. The highest BCUT2D eigenvalue weighted by atomic mass is 16.5. The summed E-state index contributed by atoms with van der Waals surface area (Å²) in [6.45, 7) is 1.78. The number of amides is 2. The third-order valence-corrected chi connectivity index (χ3v) is 4.32.